The Balaban J connectivity index is 1.83. The number of hydrogen-bond acceptors (Lipinski definition) is 8. The summed E-state index contributed by atoms with van der Waals surface area (Å²) in [5, 5.41) is 13.6. The Bertz CT molecular complexity index is 1420. The molecule has 0 saturated carbocycles. The normalized spacial score (nSPS) is 12.1. The van der Waals surface area contributed by atoms with E-state index in [9.17, 15) is 14.7 Å². The van der Waals surface area contributed by atoms with Crippen molar-refractivity contribution in [1.29, 1.82) is 0 Å². The fraction of sp³-hybridized carbons (Fsp3) is 0.226. The van der Waals surface area contributed by atoms with Gasteiger partial charge in [-0.05, 0) is 28.8 Å². The van der Waals surface area contributed by atoms with Crippen LogP contribution in [0.2, 0.25) is 0 Å². The molecule has 0 aliphatic heterocycles. The molecule has 0 spiro atoms. The summed E-state index contributed by atoms with van der Waals surface area (Å²) in [5.41, 5.74) is -0.484. The van der Waals surface area contributed by atoms with Crippen LogP contribution in [-0.4, -0.2) is 66.1 Å². The van der Waals surface area contributed by atoms with Crippen LogP contribution in [0.3, 0.4) is 0 Å². The molecule has 11 heteroatoms. The van der Waals surface area contributed by atoms with Crippen molar-refractivity contribution >= 4 is 12.0 Å². The quantitative estimate of drug-likeness (QED) is 0.238. The molecular weight excluding hydrogens is 540 g/mol. The Kier molecular flexibility index (Phi) is 9.43. The zero-order chi connectivity index (χ0) is 30.1. The summed E-state index contributed by atoms with van der Waals surface area (Å²) in [6.07, 6.45) is 0. The number of nitrogens with zero attached hydrogens (tertiary/aromatic N) is 3. The van der Waals surface area contributed by atoms with Gasteiger partial charge in [0.15, 0.2) is 0 Å². The number of carboxylic acid groups (broad SMARTS) is 1. The van der Waals surface area contributed by atoms with E-state index in [4.69, 9.17) is 18.9 Å². The molecule has 0 aliphatic rings. The van der Waals surface area contributed by atoms with Crippen LogP contribution in [-0.2, 0) is 11.3 Å². The predicted octanol–water partition coefficient (Wildman–Crippen LogP) is 4.34. The van der Waals surface area contributed by atoms with Gasteiger partial charge in [-0.3, -0.25) is 5.32 Å². The van der Waals surface area contributed by atoms with Crippen molar-refractivity contribution in [3.05, 3.63) is 108 Å². The molecule has 0 fully saturated rings. The first-order valence-corrected chi connectivity index (χ1v) is 12.9. The van der Waals surface area contributed by atoms with Crippen molar-refractivity contribution in [3.63, 3.8) is 0 Å². The zero-order valence-corrected chi connectivity index (χ0v) is 23.7. The van der Waals surface area contributed by atoms with E-state index in [1.165, 1.54) is 25.2 Å². The van der Waals surface area contributed by atoms with E-state index in [-0.39, 0.29) is 24.3 Å². The molecule has 11 nitrogen and oxygen atoms in total. The van der Waals surface area contributed by atoms with Gasteiger partial charge in [-0.2, -0.15) is 9.97 Å². The summed E-state index contributed by atoms with van der Waals surface area (Å²) < 4.78 is 21.9. The van der Waals surface area contributed by atoms with Crippen molar-refractivity contribution < 1.29 is 33.6 Å². The molecule has 42 heavy (non-hydrogen) atoms. The monoisotopic (exact) mass is 572 g/mol. The van der Waals surface area contributed by atoms with Gasteiger partial charge in [-0.25, -0.2) is 9.59 Å². The van der Waals surface area contributed by atoms with E-state index in [0.29, 0.717) is 16.9 Å². The van der Waals surface area contributed by atoms with Crippen LogP contribution >= 0.6 is 0 Å². The summed E-state index contributed by atoms with van der Waals surface area (Å²) in [5.74, 6) is -1.69. The number of ether oxygens (including phenoxy) is 4. The summed E-state index contributed by atoms with van der Waals surface area (Å²) in [6, 6.07) is 25.3. The van der Waals surface area contributed by atoms with Crippen LogP contribution in [0.4, 0.5) is 4.79 Å². The second kappa shape index (κ2) is 13.4. The highest BCUT2D eigenvalue weighted by Gasteiger charge is 2.53. The highest BCUT2D eigenvalue weighted by atomic mass is 16.6. The second-order valence-corrected chi connectivity index (χ2v) is 9.27. The van der Waals surface area contributed by atoms with Crippen LogP contribution in [0.15, 0.2) is 91.0 Å². The fourth-order valence-corrected chi connectivity index (χ4v) is 4.44. The third-order valence-corrected chi connectivity index (χ3v) is 6.54. The second-order valence-electron chi connectivity index (χ2n) is 9.27. The van der Waals surface area contributed by atoms with E-state index >= 15 is 0 Å². The number of carbonyl (C=O) groups is 2. The lowest BCUT2D eigenvalue weighted by Gasteiger charge is -2.38. The topological polar surface area (TPSA) is 132 Å². The summed E-state index contributed by atoms with van der Waals surface area (Å²) in [4.78, 5) is 36.9. The Morgan fingerprint density at radius 1 is 0.833 bits per heavy atom. The summed E-state index contributed by atoms with van der Waals surface area (Å²) in [6.45, 7) is 0.177. The van der Waals surface area contributed by atoms with Gasteiger partial charge in [0.2, 0.25) is 11.8 Å². The molecule has 3 aromatic carbocycles. The number of hydrogen-bond donors (Lipinski definition) is 2. The summed E-state index contributed by atoms with van der Waals surface area (Å²) >= 11 is 0. The van der Waals surface area contributed by atoms with Gasteiger partial charge in [-0.1, -0.05) is 72.8 Å². The number of aliphatic carboxylic acids is 1. The number of carboxylic acids is 1. The number of carbonyl (C=O) groups excluding carboxylic acids is 1. The van der Waals surface area contributed by atoms with E-state index in [2.05, 4.69) is 15.3 Å². The van der Waals surface area contributed by atoms with Crippen molar-refractivity contribution in [1.82, 2.24) is 20.2 Å². The Morgan fingerprint density at radius 2 is 1.36 bits per heavy atom. The maximum Gasteiger partial charge on any atom is 0.371 e. The number of methoxy groups -OCH3 is 3. The predicted molar refractivity (Wildman–Crippen MR) is 154 cm³/mol. The van der Waals surface area contributed by atoms with Gasteiger partial charge in [0.25, 0.3) is 5.72 Å². The number of benzene rings is 3. The maximum atomic E-state index is 13.8. The van der Waals surface area contributed by atoms with Crippen molar-refractivity contribution in [3.8, 4) is 23.5 Å². The standard InChI is InChI=1S/C31H32N4O7/c1-35(20-21-15-17-24(39-2)18-16-21)30(38)34-31(28(36)37,42-29-32-25(40-3)19-26(33-29)41-4)27(22-11-7-5-8-12-22)23-13-9-6-10-14-23/h5-19,27H,20H2,1-4H3,(H,34,38)(H,36,37)/t31-/m1/s1. The molecule has 1 heterocycles. The van der Waals surface area contributed by atoms with Gasteiger partial charge < -0.3 is 29.0 Å². The molecular formula is C31H32N4O7. The van der Waals surface area contributed by atoms with E-state index in [1.807, 2.05) is 24.3 Å². The minimum Gasteiger partial charge on any atom is -0.497 e. The van der Waals surface area contributed by atoms with Crippen LogP contribution in [0.5, 0.6) is 23.5 Å². The van der Waals surface area contributed by atoms with Gasteiger partial charge in [-0.15, -0.1) is 0 Å². The minimum absolute atomic E-state index is 0.0788. The minimum atomic E-state index is -2.43. The molecule has 0 aliphatic carbocycles. The molecule has 4 aromatic rings. The van der Waals surface area contributed by atoms with Crippen LogP contribution < -0.4 is 24.3 Å². The van der Waals surface area contributed by atoms with E-state index in [0.717, 1.165) is 5.56 Å². The van der Waals surface area contributed by atoms with Crippen LogP contribution in [0.25, 0.3) is 0 Å². The molecule has 1 atom stereocenters. The Hall–Kier alpha value is -5.32. The molecule has 0 bridgehead atoms. The zero-order valence-electron chi connectivity index (χ0n) is 23.7. The lowest BCUT2D eigenvalue weighted by atomic mass is 9.82. The van der Waals surface area contributed by atoms with E-state index in [1.54, 1.807) is 74.8 Å². The third-order valence-electron chi connectivity index (χ3n) is 6.54. The average Bonchev–Trinajstić information content (AvgIpc) is 3.02. The lowest BCUT2D eigenvalue weighted by Crippen LogP contribution is -2.64. The van der Waals surface area contributed by atoms with Gasteiger partial charge in [0.05, 0.1) is 33.3 Å². The summed E-state index contributed by atoms with van der Waals surface area (Å²) in [7, 11) is 5.90. The van der Waals surface area contributed by atoms with Crippen LogP contribution in [0, 0.1) is 0 Å². The average molecular weight is 573 g/mol. The first kappa shape index (κ1) is 29.7. The van der Waals surface area contributed by atoms with E-state index < -0.39 is 23.6 Å². The molecule has 0 radical (unpaired) electrons. The number of nitrogens with one attached hydrogen (secondary N) is 1. The first-order valence-electron chi connectivity index (χ1n) is 12.9. The lowest BCUT2D eigenvalue weighted by molar-refractivity contribution is -0.160. The number of urea groups is 1. The Morgan fingerprint density at radius 3 is 1.81 bits per heavy atom. The number of aromatic nitrogens is 2. The molecule has 0 unspecified atom stereocenters. The molecule has 2 amide bonds. The van der Waals surface area contributed by atoms with Gasteiger partial charge >= 0.3 is 18.0 Å². The van der Waals surface area contributed by atoms with Crippen molar-refractivity contribution in [2.45, 2.75) is 18.2 Å². The fourth-order valence-electron chi connectivity index (χ4n) is 4.44. The molecule has 0 saturated heterocycles. The van der Waals surface area contributed by atoms with Gasteiger partial charge in [0, 0.05) is 13.6 Å². The molecule has 2 N–H and O–H groups in total. The molecule has 4 rings (SSSR count). The highest BCUT2D eigenvalue weighted by Crippen LogP contribution is 2.37. The molecule has 218 valence electrons. The number of rotatable bonds is 12. The first-order chi connectivity index (χ1) is 20.3. The van der Waals surface area contributed by atoms with Crippen molar-refractivity contribution in [2.24, 2.45) is 0 Å². The Labute approximate surface area is 243 Å². The molecule has 1 aromatic heterocycles. The maximum absolute atomic E-state index is 13.8. The van der Waals surface area contributed by atoms with Crippen molar-refractivity contribution in [2.75, 3.05) is 28.4 Å². The highest BCUT2D eigenvalue weighted by molar-refractivity contribution is 5.87. The largest absolute Gasteiger partial charge is 0.497 e. The third kappa shape index (κ3) is 6.69. The van der Waals surface area contributed by atoms with Gasteiger partial charge in [0.1, 0.15) is 5.75 Å². The van der Waals surface area contributed by atoms with Crippen LogP contribution in [0.1, 0.15) is 22.6 Å². The SMILES string of the molecule is COc1ccc(CN(C)C(=O)N[C@](Oc2nc(OC)cc(OC)n2)(C(=O)O)C(c2ccccc2)c2ccccc2)cc1. The smallest absolute Gasteiger partial charge is 0.371 e. The number of amides is 2.